The van der Waals surface area contributed by atoms with E-state index in [0.29, 0.717) is 13.2 Å². The maximum atomic E-state index is 13.1. The number of aromatic nitrogens is 1. The first-order valence-corrected chi connectivity index (χ1v) is 22.7. The van der Waals surface area contributed by atoms with Crippen molar-refractivity contribution in [1.29, 1.82) is 0 Å². The van der Waals surface area contributed by atoms with Gasteiger partial charge in [-0.1, -0.05) is 146 Å². The summed E-state index contributed by atoms with van der Waals surface area (Å²) in [4.78, 5) is 54.5. The first-order valence-electron chi connectivity index (χ1n) is 22.7. The lowest BCUT2D eigenvalue weighted by Gasteiger charge is -2.46. The van der Waals surface area contributed by atoms with Crippen molar-refractivity contribution >= 4 is 34.6 Å². The van der Waals surface area contributed by atoms with E-state index < -0.39 is 73.3 Å². The Morgan fingerprint density at radius 3 is 1.72 bits per heavy atom. The van der Waals surface area contributed by atoms with Crippen LogP contribution in [0.1, 0.15) is 34.2 Å². The van der Waals surface area contributed by atoms with Crippen LogP contribution in [0.3, 0.4) is 0 Å². The van der Waals surface area contributed by atoms with E-state index in [1.54, 1.807) is 12.3 Å². The number of benzene rings is 5. The molecule has 0 spiro atoms. The molecule has 1 fully saturated rings. The number of aromatic amines is 1. The van der Waals surface area contributed by atoms with Crippen LogP contribution >= 0.6 is 0 Å². The summed E-state index contributed by atoms with van der Waals surface area (Å²) in [6.07, 6.45) is 2.09. The molecule has 1 aliphatic rings. The van der Waals surface area contributed by atoms with E-state index in [4.69, 9.17) is 28.4 Å². The molecule has 0 aliphatic carbocycles. The Balaban J connectivity index is 1.01. The molecule has 5 aromatic carbocycles. The number of hydrogen-bond donors (Lipinski definition) is 4. The predicted octanol–water partition coefficient (Wildman–Crippen LogP) is 6.29. The zero-order chi connectivity index (χ0) is 47.3. The van der Waals surface area contributed by atoms with Crippen molar-refractivity contribution in [3.8, 4) is 0 Å². The molecule has 1 aromatic heterocycles. The van der Waals surface area contributed by atoms with Gasteiger partial charge in [-0.3, -0.25) is 14.4 Å². The molecule has 4 N–H and O–H groups in total. The molecule has 0 unspecified atom stereocenters. The van der Waals surface area contributed by atoms with Crippen LogP contribution in [0.2, 0.25) is 0 Å². The number of amides is 3. The summed E-state index contributed by atoms with van der Waals surface area (Å²) in [7, 11) is 1.24. The second-order valence-corrected chi connectivity index (χ2v) is 16.3. The average Bonchev–Trinajstić information content (AvgIpc) is 3.79. The summed E-state index contributed by atoms with van der Waals surface area (Å²) in [5, 5.41) is 8.62. The number of esters is 1. The fourth-order valence-electron chi connectivity index (χ4n) is 7.95. The van der Waals surface area contributed by atoms with E-state index in [2.05, 4.69) is 20.9 Å². The molecule has 0 bridgehead atoms. The lowest BCUT2D eigenvalue weighted by atomic mass is 9.92. The highest BCUT2D eigenvalue weighted by molar-refractivity contribution is 5.93. The number of methoxy groups -OCH3 is 1. The molecule has 0 radical (unpaired) electrons. The maximum Gasteiger partial charge on any atom is 0.328 e. The second kappa shape index (κ2) is 25.8. The predicted molar refractivity (Wildman–Crippen MR) is 256 cm³/mol. The summed E-state index contributed by atoms with van der Waals surface area (Å²) in [6, 6.07) is 46.1. The third-order valence-corrected chi connectivity index (χ3v) is 11.4. The van der Waals surface area contributed by atoms with Crippen molar-refractivity contribution in [2.45, 2.75) is 75.8 Å². The Bertz CT molecular complexity index is 2520. The molecule has 1 aliphatic heterocycles. The molecule has 0 saturated carbocycles. The zero-order valence-electron chi connectivity index (χ0n) is 38.0. The van der Waals surface area contributed by atoms with E-state index in [1.165, 1.54) is 13.2 Å². The molecule has 14 nitrogen and oxygen atoms in total. The topological polar surface area (TPSA) is 176 Å². The van der Waals surface area contributed by atoms with Gasteiger partial charge in [-0.25, -0.2) is 4.79 Å². The standard InChI is InChI=1S/C54H58N4O10/c1-63-54(62)45(29-42-30-55-44-26-15-14-25-43(42)44)58-50(61)32-57-49(60)31-56-48(59)28-16-27-46-51(65-34-39-19-8-3-9-20-39)53(67-36-41-23-12-5-13-24-41)52(66-35-40-21-10-4-11-22-40)47(68-46)37-64-33-38-17-6-2-7-18-38/h2-26,28,30,45-47,51-53,55H,27,29,31-37H2,1H3,(H,56,59)(H,57,60)(H,58,61)/b28-16+/t45-,46+,47+,51-,52-,53+/m0/s1. The molecule has 14 heteroatoms. The van der Waals surface area contributed by atoms with Crippen LogP contribution in [-0.4, -0.2) is 92.0 Å². The lowest BCUT2D eigenvalue weighted by molar-refractivity contribution is -0.271. The molecular weight excluding hydrogens is 865 g/mol. The Morgan fingerprint density at radius 1 is 0.618 bits per heavy atom. The summed E-state index contributed by atoms with van der Waals surface area (Å²) in [6.45, 7) is 0.571. The monoisotopic (exact) mass is 922 g/mol. The molecule has 68 heavy (non-hydrogen) atoms. The molecule has 2 heterocycles. The van der Waals surface area contributed by atoms with Crippen LogP contribution in [0.5, 0.6) is 0 Å². The number of hydrogen-bond acceptors (Lipinski definition) is 10. The Labute approximate surface area is 396 Å². The van der Waals surface area contributed by atoms with Crippen molar-refractivity contribution < 1.29 is 47.6 Å². The highest BCUT2D eigenvalue weighted by Crippen LogP contribution is 2.33. The van der Waals surface area contributed by atoms with Crippen molar-refractivity contribution in [3.05, 3.63) is 192 Å². The fourth-order valence-corrected chi connectivity index (χ4v) is 7.95. The largest absolute Gasteiger partial charge is 0.467 e. The minimum Gasteiger partial charge on any atom is -0.467 e. The van der Waals surface area contributed by atoms with Gasteiger partial charge in [0.05, 0.1) is 59.3 Å². The van der Waals surface area contributed by atoms with Crippen molar-refractivity contribution in [3.63, 3.8) is 0 Å². The SMILES string of the molecule is COC(=O)[C@H](Cc1c[nH]c2ccccc12)NC(=O)CNC(=O)CNC(=O)/C=C/C[C@H]1O[C@H](COCc2ccccc2)[C@H](OCc2ccccc2)[C@H](OCc2ccccc2)[C@H]1OCc1ccccc1. The van der Waals surface area contributed by atoms with Crippen LogP contribution in [-0.2, 0) is 80.4 Å². The molecule has 7 rings (SSSR count). The minimum atomic E-state index is -0.986. The smallest absolute Gasteiger partial charge is 0.328 e. The van der Waals surface area contributed by atoms with Gasteiger partial charge in [0, 0.05) is 23.5 Å². The number of carbonyl (C=O) groups is 4. The third kappa shape index (κ3) is 14.8. The average molecular weight is 923 g/mol. The van der Waals surface area contributed by atoms with Gasteiger partial charge >= 0.3 is 5.97 Å². The summed E-state index contributed by atoms with van der Waals surface area (Å²) in [5.41, 5.74) is 5.65. The van der Waals surface area contributed by atoms with Crippen LogP contribution in [0, 0.1) is 0 Å². The second-order valence-electron chi connectivity index (χ2n) is 16.3. The van der Waals surface area contributed by atoms with Crippen LogP contribution in [0.15, 0.2) is 164 Å². The van der Waals surface area contributed by atoms with E-state index in [0.717, 1.165) is 38.7 Å². The van der Waals surface area contributed by atoms with Crippen LogP contribution in [0.4, 0.5) is 0 Å². The van der Waals surface area contributed by atoms with E-state index in [1.807, 2.05) is 146 Å². The quantitative estimate of drug-likeness (QED) is 0.0399. The summed E-state index contributed by atoms with van der Waals surface area (Å²) in [5.74, 6) is -2.36. The Hall–Kier alpha value is -6.94. The van der Waals surface area contributed by atoms with Crippen LogP contribution < -0.4 is 16.0 Å². The number of rotatable bonds is 24. The molecular formula is C54H58N4O10. The summed E-state index contributed by atoms with van der Waals surface area (Å²) < 4.78 is 38.4. The fraction of sp³-hybridized carbons (Fsp3) is 0.296. The van der Waals surface area contributed by atoms with Crippen LogP contribution in [0.25, 0.3) is 10.9 Å². The number of ether oxygens (including phenoxy) is 6. The van der Waals surface area contributed by atoms with E-state index in [-0.39, 0.29) is 32.7 Å². The van der Waals surface area contributed by atoms with Gasteiger partial charge < -0.3 is 49.4 Å². The number of para-hydroxylation sites is 1. The molecule has 3 amide bonds. The number of fused-ring (bicyclic) bond motifs is 1. The first-order chi connectivity index (χ1) is 33.3. The third-order valence-electron chi connectivity index (χ3n) is 11.4. The van der Waals surface area contributed by atoms with Gasteiger partial charge in [0.1, 0.15) is 30.5 Å². The van der Waals surface area contributed by atoms with Gasteiger partial charge in [-0.05, 0) is 46.4 Å². The lowest BCUT2D eigenvalue weighted by Crippen LogP contribution is -2.61. The van der Waals surface area contributed by atoms with E-state index >= 15 is 0 Å². The highest BCUT2D eigenvalue weighted by Gasteiger charge is 2.48. The minimum absolute atomic E-state index is 0.178. The van der Waals surface area contributed by atoms with Gasteiger partial charge in [0.15, 0.2) is 0 Å². The highest BCUT2D eigenvalue weighted by atomic mass is 16.6. The van der Waals surface area contributed by atoms with Crippen molar-refractivity contribution in [2.24, 2.45) is 0 Å². The van der Waals surface area contributed by atoms with Crippen molar-refractivity contribution in [2.75, 3.05) is 26.8 Å². The van der Waals surface area contributed by atoms with Crippen molar-refractivity contribution in [1.82, 2.24) is 20.9 Å². The normalized spacial score (nSPS) is 18.5. The van der Waals surface area contributed by atoms with Gasteiger partial charge in [0.2, 0.25) is 17.7 Å². The van der Waals surface area contributed by atoms with Gasteiger partial charge in [0.25, 0.3) is 0 Å². The number of carbonyl (C=O) groups excluding carboxylic acids is 4. The molecule has 6 atom stereocenters. The Morgan fingerprint density at radius 2 is 1.13 bits per heavy atom. The van der Waals surface area contributed by atoms with Gasteiger partial charge in [-0.2, -0.15) is 0 Å². The Kier molecular flexibility index (Phi) is 18.6. The summed E-state index contributed by atoms with van der Waals surface area (Å²) >= 11 is 0. The molecule has 354 valence electrons. The van der Waals surface area contributed by atoms with Gasteiger partial charge in [-0.15, -0.1) is 0 Å². The zero-order valence-corrected chi connectivity index (χ0v) is 38.0. The first kappa shape index (κ1) is 49.0. The number of nitrogens with one attached hydrogen (secondary N) is 4. The molecule has 1 saturated heterocycles. The number of H-pyrrole nitrogens is 1. The molecule has 6 aromatic rings. The van der Waals surface area contributed by atoms with E-state index in [9.17, 15) is 19.2 Å². The maximum absolute atomic E-state index is 13.1.